The summed E-state index contributed by atoms with van der Waals surface area (Å²) in [5, 5.41) is 0.966. The van der Waals surface area contributed by atoms with Crippen LogP contribution in [0.15, 0.2) is 53.5 Å². The minimum absolute atomic E-state index is 0.264. The molecule has 0 unspecified atom stereocenters. The van der Waals surface area contributed by atoms with Gasteiger partial charge in [-0.15, -0.1) is 0 Å². The van der Waals surface area contributed by atoms with Crippen molar-refractivity contribution in [3.05, 3.63) is 92.6 Å². The molecule has 3 heterocycles. The Kier molecular flexibility index (Phi) is 6.36. The van der Waals surface area contributed by atoms with Gasteiger partial charge in [-0.2, -0.15) is 0 Å². The first kappa shape index (κ1) is 22.6. The Morgan fingerprint density at radius 3 is 2.53 bits per heavy atom. The number of aromatic amines is 1. The van der Waals surface area contributed by atoms with Gasteiger partial charge < -0.3 is 9.72 Å². The molecule has 174 valence electrons. The molecular formula is C25H21ClF2N4O2. The van der Waals surface area contributed by atoms with Gasteiger partial charge in [-0.25, -0.2) is 13.8 Å². The van der Waals surface area contributed by atoms with Crippen molar-refractivity contribution in [2.45, 2.75) is 13.0 Å². The second kappa shape index (κ2) is 9.58. The summed E-state index contributed by atoms with van der Waals surface area (Å²) in [7, 11) is 0. The number of nitrogens with zero attached hydrogens (tertiary/aromatic N) is 3. The molecule has 2 aromatic heterocycles. The molecule has 1 fully saturated rings. The molecule has 1 saturated heterocycles. The third-order valence-electron chi connectivity index (χ3n) is 5.77. The topological polar surface area (TPSA) is 71.1 Å². The van der Waals surface area contributed by atoms with E-state index in [-0.39, 0.29) is 5.56 Å². The van der Waals surface area contributed by atoms with Crippen LogP contribution in [0, 0.1) is 11.6 Å². The number of nitrogens with one attached hydrogen (secondary N) is 1. The van der Waals surface area contributed by atoms with E-state index >= 15 is 0 Å². The van der Waals surface area contributed by atoms with E-state index in [4.69, 9.17) is 16.3 Å². The average molecular weight is 483 g/mol. The van der Waals surface area contributed by atoms with Crippen LogP contribution in [-0.2, 0) is 17.7 Å². The van der Waals surface area contributed by atoms with Crippen LogP contribution in [0.25, 0.3) is 22.2 Å². The lowest BCUT2D eigenvalue weighted by molar-refractivity contribution is 0.0342. The van der Waals surface area contributed by atoms with Gasteiger partial charge in [0.15, 0.2) is 0 Å². The van der Waals surface area contributed by atoms with Gasteiger partial charge in [-0.05, 0) is 41.5 Å². The number of hydrogen-bond acceptors (Lipinski definition) is 5. The van der Waals surface area contributed by atoms with Crippen LogP contribution in [0.1, 0.15) is 17.0 Å². The van der Waals surface area contributed by atoms with E-state index in [0.29, 0.717) is 59.2 Å². The number of morpholine rings is 1. The Morgan fingerprint density at radius 2 is 1.82 bits per heavy atom. The van der Waals surface area contributed by atoms with E-state index in [0.717, 1.165) is 30.3 Å². The number of hydrogen-bond donors (Lipinski definition) is 1. The Hall–Kier alpha value is -3.20. The quantitative estimate of drug-likeness (QED) is 0.458. The molecule has 0 spiro atoms. The highest BCUT2D eigenvalue weighted by atomic mass is 35.5. The Bertz CT molecular complexity index is 1380. The van der Waals surface area contributed by atoms with Crippen LogP contribution < -0.4 is 5.56 Å². The predicted molar refractivity (Wildman–Crippen MR) is 126 cm³/mol. The van der Waals surface area contributed by atoms with E-state index in [1.807, 2.05) is 6.07 Å². The van der Waals surface area contributed by atoms with Gasteiger partial charge in [0.05, 0.1) is 29.8 Å². The monoisotopic (exact) mass is 482 g/mol. The van der Waals surface area contributed by atoms with Gasteiger partial charge in [0.25, 0.3) is 5.56 Å². The molecular weight excluding hydrogens is 462 g/mol. The normalized spacial score (nSPS) is 14.6. The lowest BCUT2D eigenvalue weighted by Gasteiger charge is -2.27. The van der Waals surface area contributed by atoms with Crippen LogP contribution in [0.2, 0.25) is 5.02 Å². The van der Waals surface area contributed by atoms with Crippen LogP contribution in [-0.4, -0.2) is 46.2 Å². The third kappa shape index (κ3) is 4.99. The Labute approximate surface area is 199 Å². The molecule has 5 rings (SSSR count). The van der Waals surface area contributed by atoms with Crippen molar-refractivity contribution in [1.29, 1.82) is 0 Å². The lowest BCUT2D eigenvalue weighted by Crippen LogP contribution is -2.35. The maximum atomic E-state index is 13.5. The molecule has 9 heteroatoms. The molecule has 0 saturated carbocycles. The zero-order valence-electron chi connectivity index (χ0n) is 18.2. The first-order chi connectivity index (χ1) is 16.4. The van der Waals surface area contributed by atoms with Crippen molar-refractivity contribution < 1.29 is 13.5 Å². The van der Waals surface area contributed by atoms with Crippen LogP contribution in [0.5, 0.6) is 0 Å². The first-order valence-electron chi connectivity index (χ1n) is 10.9. The summed E-state index contributed by atoms with van der Waals surface area (Å²) in [6, 6.07) is 10.3. The molecule has 4 aromatic rings. The maximum absolute atomic E-state index is 13.5. The van der Waals surface area contributed by atoms with E-state index in [1.165, 1.54) is 12.1 Å². The largest absolute Gasteiger partial charge is 0.379 e. The predicted octanol–water partition coefficient (Wildman–Crippen LogP) is 4.34. The molecule has 6 nitrogen and oxygen atoms in total. The smallest absolute Gasteiger partial charge is 0.258 e. The van der Waals surface area contributed by atoms with Crippen LogP contribution >= 0.6 is 11.6 Å². The molecule has 0 bridgehead atoms. The second-order valence-electron chi connectivity index (χ2n) is 8.25. The lowest BCUT2D eigenvalue weighted by atomic mass is 10.1. The van der Waals surface area contributed by atoms with Crippen molar-refractivity contribution in [3.8, 4) is 11.3 Å². The SMILES string of the molecule is O=c1[nH]c(Cc2ccc(-c3cc(F)cc(F)c3)nc2)nc2cc(CN3CCOCC3)c(Cl)cc12. The minimum atomic E-state index is -0.660. The van der Waals surface area contributed by atoms with Gasteiger partial charge in [0, 0.05) is 48.9 Å². The van der Waals surface area contributed by atoms with Gasteiger partial charge in [-0.1, -0.05) is 17.7 Å². The molecule has 0 aliphatic carbocycles. The molecule has 0 atom stereocenters. The van der Waals surface area contributed by atoms with Crippen molar-refractivity contribution in [2.75, 3.05) is 26.3 Å². The zero-order valence-corrected chi connectivity index (χ0v) is 18.9. The number of H-pyrrole nitrogens is 1. The average Bonchev–Trinajstić information content (AvgIpc) is 2.81. The molecule has 1 N–H and O–H groups in total. The van der Waals surface area contributed by atoms with Crippen LogP contribution in [0.3, 0.4) is 0 Å². The number of aromatic nitrogens is 3. The van der Waals surface area contributed by atoms with Crippen LogP contribution in [0.4, 0.5) is 8.78 Å². The van der Waals surface area contributed by atoms with Crippen molar-refractivity contribution in [1.82, 2.24) is 19.9 Å². The highest BCUT2D eigenvalue weighted by Crippen LogP contribution is 2.24. The number of halogens is 3. The number of pyridine rings is 1. The zero-order chi connectivity index (χ0) is 23.7. The minimum Gasteiger partial charge on any atom is -0.379 e. The summed E-state index contributed by atoms with van der Waals surface area (Å²) in [5.74, 6) is -0.831. The first-order valence-corrected chi connectivity index (χ1v) is 11.3. The number of benzene rings is 2. The Balaban J connectivity index is 1.40. The molecule has 0 amide bonds. The highest BCUT2D eigenvalue weighted by molar-refractivity contribution is 6.32. The van der Waals surface area contributed by atoms with Gasteiger partial charge >= 0.3 is 0 Å². The van der Waals surface area contributed by atoms with E-state index < -0.39 is 11.6 Å². The number of rotatable bonds is 5. The molecule has 0 radical (unpaired) electrons. The summed E-state index contributed by atoms with van der Waals surface area (Å²) in [6.45, 7) is 3.69. The standard InChI is InChI=1S/C25H21ClF2N4O2/c26-21-12-20-23(10-17(21)14-32-3-5-34-6-4-32)30-24(31-25(20)33)7-15-1-2-22(29-13-15)16-8-18(27)11-19(28)9-16/h1-2,8-13H,3-7,14H2,(H,30,31,33). The van der Waals surface area contributed by atoms with Gasteiger partial charge in [0.2, 0.25) is 0 Å². The fourth-order valence-electron chi connectivity index (χ4n) is 4.05. The van der Waals surface area contributed by atoms with Gasteiger partial charge in [0.1, 0.15) is 17.5 Å². The van der Waals surface area contributed by atoms with Gasteiger partial charge in [-0.3, -0.25) is 14.7 Å². The Morgan fingerprint density at radius 1 is 1.06 bits per heavy atom. The van der Waals surface area contributed by atoms with Crippen molar-refractivity contribution >= 4 is 22.5 Å². The highest BCUT2D eigenvalue weighted by Gasteiger charge is 2.15. The van der Waals surface area contributed by atoms with Crippen molar-refractivity contribution in [3.63, 3.8) is 0 Å². The third-order valence-corrected chi connectivity index (χ3v) is 6.13. The van der Waals surface area contributed by atoms with E-state index in [9.17, 15) is 13.6 Å². The fourth-order valence-corrected chi connectivity index (χ4v) is 4.27. The van der Waals surface area contributed by atoms with E-state index in [2.05, 4.69) is 19.9 Å². The molecule has 1 aliphatic rings. The van der Waals surface area contributed by atoms with E-state index in [1.54, 1.807) is 24.4 Å². The summed E-state index contributed by atoms with van der Waals surface area (Å²) in [5.41, 5.74) is 2.82. The number of fused-ring (bicyclic) bond motifs is 1. The maximum Gasteiger partial charge on any atom is 0.258 e. The van der Waals surface area contributed by atoms with Crippen molar-refractivity contribution in [2.24, 2.45) is 0 Å². The molecule has 34 heavy (non-hydrogen) atoms. The fraction of sp³-hybridized carbons (Fsp3) is 0.240. The summed E-state index contributed by atoms with van der Waals surface area (Å²) < 4.78 is 32.4. The second-order valence-corrected chi connectivity index (χ2v) is 8.66. The summed E-state index contributed by atoms with van der Waals surface area (Å²) in [6.07, 6.45) is 1.95. The number of ether oxygens (including phenoxy) is 1. The summed E-state index contributed by atoms with van der Waals surface area (Å²) in [4.78, 5) is 26.7. The summed E-state index contributed by atoms with van der Waals surface area (Å²) >= 11 is 6.46. The molecule has 1 aliphatic heterocycles. The molecule has 2 aromatic carbocycles.